The third-order valence-corrected chi connectivity index (χ3v) is 4.72. The summed E-state index contributed by atoms with van der Waals surface area (Å²) >= 11 is 6.37. The van der Waals surface area contributed by atoms with Crippen LogP contribution in [0.15, 0.2) is 59.7 Å². The lowest BCUT2D eigenvalue weighted by Crippen LogP contribution is -2.19. The zero-order valence-electron chi connectivity index (χ0n) is 17.4. The Labute approximate surface area is 189 Å². The normalized spacial score (nSPS) is 10.6. The van der Waals surface area contributed by atoms with Crippen molar-refractivity contribution in [3.8, 4) is 17.6 Å². The minimum Gasteiger partial charge on any atom is -0.493 e. The monoisotopic (exact) mass is 451 g/mol. The highest BCUT2D eigenvalue weighted by Gasteiger charge is 2.13. The van der Waals surface area contributed by atoms with Gasteiger partial charge in [-0.05, 0) is 48.4 Å². The highest BCUT2D eigenvalue weighted by molar-refractivity contribution is 6.32. The number of nitriles is 1. The molecule has 0 saturated carbocycles. The molecule has 0 aliphatic carbocycles. The van der Waals surface area contributed by atoms with E-state index in [1.807, 2.05) is 31.2 Å². The summed E-state index contributed by atoms with van der Waals surface area (Å²) in [5, 5.41) is 12.9. The van der Waals surface area contributed by atoms with E-state index in [0.29, 0.717) is 28.7 Å². The van der Waals surface area contributed by atoms with Gasteiger partial charge in [-0.1, -0.05) is 41.4 Å². The SMILES string of the molecule is COc1cc(/C=N\NC(=O)c2ccc(C#N)cc2F)cc(Cl)c1OCc1cccc(C)c1. The molecule has 32 heavy (non-hydrogen) atoms. The molecule has 0 aliphatic rings. The highest BCUT2D eigenvalue weighted by atomic mass is 35.5. The molecule has 0 fully saturated rings. The first-order valence-corrected chi connectivity index (χ1v) is 9.88. The molecule has 0 aliphatic heterocycles. The predicted molar refractivity (Wildman–Crippen MR) is 120 cm³/mol. The molecule has 0 saturated heterocycles. The van der Waals surface area contributed by atoms with Crippen molar-refractivity contribution in [3.05, 3.63) is 93.3 Å². The molecule has 0 spiro atoms. The van der Waals surface area contributed by atoms with Gasteiger partial charge in [0.2, 0.25) is 0 Å². The number of methoxy groups -OCH3 is 1. The Morgan fingerprint density at radius 2 is 2.06 bits per heavy atom. The van der Waals surface area contributed by atoms with Crippen LogP contribution in [0.4, 0.5) is 4.39 Å². The lowest BCUT2D eigenvalue weighted by Gasteiger charge is -2.13. The Balaban J connectivity index is 1.70. The Kier molecular flexibility index (Phi) is 7.42. The first kappa shape index (κ1) is 22.8. The van der Waals surface area contributed by atoms with Crippen molar-refractivity contribution in [1.29, 1.82) is 5.26 Å². The lowest BCUT2D eigenvalue weighted by molar-refractivity contribution is 0.0951. The lowest BCUT2D eigenvalue weighted by atomic mass is 10.1. The maximum absolute atomic E-state index is 13.9. The van der Waals surface area contributed by atoms with Gasteiger partial charge in [0.05, 0.1) is 35.5 Å². The topological polar surface area (TPSA) is 83.7 Å². The number of carbonyl (C=O) groups is 1. The molecule has 3 aromatic rings. The van der Waals surface area contributed by atoms with E-state index in [1.54, 1.807) is 18.2 Å². The number of ether oxygens (including phenoxy) is 2. The molecule has 0 heterocycles. The second-order valence-corrected chi connectivity index (χ2v) is 7.22. The number of nitrogens with one attached hydrogen (secondary N) is 1. The van der Waals surface area contributed by atoms with Crippen LogP contribution in [0.25, 0.3) is 0 Å². The molecule has 3 aromatic carbocycles. The fourth-order valence-electron chi connectivity index (χ4n) is 2.91. The molecule has 3 rings (SSSR count). The number of nitrogens with zero attached hydrogens (tertiary/aromatic N) is 2. The summed E-state index contributed by atoms with van der Waals surface area (Å²) in [7, 11) is 1.49. The Morgan fingerprint density at radius 1 is 1.25 bits per heavy atom. The van der Waals surface area contributed by atoms with Gasteiger partial charge in [-0.2, -0.15) is 10.4 Å². The maximum atomic E-state index is 13.9. The highest BCUT2D eigenvalue weighted by Crippen LogP contribution is 2.36. The van der Waals surface area contributed by atoms with Gasteiger partial charge in [0.1, 0.15) is 12.4 Å². The molecule has 0 unspecified atom stereocenters. The molecular formula is C24H19ClFN3O3. The first-order valence-electron chi connectivity index (χ1n) is 9.50. The van der Waals surface area contributed by atoms with Crippen molar-refractivity contribution in [2.24, 2.45) is 5.10 Å². The number of halogens is 2. The molecule has 0 aromatic heterocycles. The average molecular weight is 452 g/mol. The van der Waals surface area contributed by atoms with Crippen LogP contribution in [0.5, 0.6) is 11.5 Å². The van der Waals surface area contributed by atoms with E-state index in [2.05, 4.69) is 10.5 Å². The quantitative estimate of drug-likeness (QED) is 0.404. The van der Waals surface area contributed by atoms with Crippen molar-refractivity contribution in [2.45, 2.75) is 13.5 Å². The van der Waals surface area contributed by atoms with Crippen molar-refractivity contribution < 1.29 is 18.7 Å². The summed E-state index contributed by atoms with van der Waals surface area (Å²) in [4.78, 5) is 12.1. The minimum absolute atomic E-state index is 0.119. The van der Waals surface area contributed by atoms with Gasteiger partial charge in [-0.25, -0.2) is 9.82 Å². The van der Waals surface area contributed by atoms with E-state index in [4.69, 9.17) is 26.3 Å². The maximum Gasteiger partial charge on any atom is 0.274 e. The van der Waals surface area contributed by atoms with Gasteiger partial charge in [-0.3, -0.25) is 4.79 Å². The van der Waals surface area contributed by atoms with E-state index < -0.39 is 11.7 Å². The van der Waals surface area contributed by atoms with Crippen molar-refractivity contribution in [1.82, 2.24) is 5.43 Å². The summed E-state index contributed by atoms with van der Waals surface area (Å²) in [5.74, 6) is -0.774. The molecular weight excluding hydrogens is 433 g/mol. The fraction of sp³-hybridized carbons (Fsp3) is 0.125. The number of benzene rings is 3. The Hall–Kier alpha value is -3.89. The molecule has 1 N–H and O–H groups in total. The average Bonchev–Trinajstić information content (AvgIpc) is 2.77. The van der Waals surface area contributed by atoms with Crippen molar-refractivity contribution in [3.63, 3.8) is 0 Å². The van der Waals surface area contributed by atoms with Crippen LogP contribution in [0.2, 0.25) is 5.02 Å². The second-order valence-electron chi connectivity index (χ2n) is 6.82. The van der Waals surface area contributed by atoms with Crippen LogP contribution in [0, 0.1) is 24.1 Å². The van der Waals surface area contributed by atoms with E-state index in [9.17, 15) is 9.18 Å². The zero-order valence-corrected chi connectivity index (χ0v) is 18.1. The number of hydrogen-bond donors (Lipinski definition) is 1. The van der Waals surface area contributed by atoms with Gasteiger partial charge >= 0.3 is 0 Å². The third kappa shape index (κ3) is 5.62. The zero-order chi connectivity index (χ0) is 23.1. The summed E-state index contributed by atoms with van der Waals surface area (Å²) in [6, 6.07) is 16.5. The number of rotatable bonds is 7. The van der Waals surface area contributed by atoms with Crippen molar-refractivity contribution >= 4 is 23.7 Å². The second kappa shape index (κ2) is 10.4. The number of amides is 1. The molecule has 1 amide bonds. The summed E-state index contributed by atoms with van der Waals surface area (Å²) in [5.41, 5.74) is 4.79. The standard InChI is InChI=1S/C24H19ClFN3O3/c1-15-4-3-5-17(8-15)14-32-23-20(25)9-18(11-22(23)31-2)13-28-29-24(30)19-7-6-16(12-27)10-21(19)26/h3-11,13H,14H2,1-2H3,(H,29,30)/b28-13-. The van der Waals surface area contributed by atoms with Crippen LogP contribution >= 0.6 is 11.6 Å². The first-order chi connectivity index (χ1) is 15.4. The molecule has 162 valence electrons. The summed E-state index contributed by atoms with van der Waals surface area (Å²) in [6.07, 6.45) is 1.35. The van der Waals surface area contributed by atoms with E-state index in [1.165, 1.54) is 25.5 Å². The Morgan fingerprint density at radius 3 is 2.75 bits per heavy atom. The molecule has 6 nitrogen and oxygen atoms in total. The third-order valence-electron chi connectivity index (χ3n) is 4.44. The summed E-state index contributed by atoms with van der Waals surface area (Å²) < 4.78 is 25.2. The molecule has 8 heteroatoms. The number of hydrogen-bond acceptors (Lipinski definition) is 5. The number of carbonyl (C=O) groups excluding carboxylic acids is 1. The van der Waals surface area contributed by atoms with E-state index >= 15 is 0 Å². The van der Waals surface area contributed by atoms with Gasteiger partial charge in [-0.15, -0.1) is 0 Å². The largest absolute Gasteiger partial charge is 0.493 e. The number of hydrazone groups is 1. The Bertz CT molecular complexity index is 1220. The van der Waals surface area contributed by atoms with Crippen LogP contribution in [-0.4, -0.2) is 19.2 Å². The number of aryl methyl sites for hydroxylation is 1. The van der Waals surface area contributed by atoms with Gasteiger partial charge < -0.3 is 9.47 Å². The van der Waals surface area contributed by atoms with Gasteiger partial charge in [0, 0.05) is 0 Å². The van der Waals surface area contributed by atoms with Gasteiger partial charge in [0.25, 0.3) is 5.91 Å². The van der Waals surface area contributed by atoms with Gasteiger partial charge in [0.15, 0.2) is 11.5 Å². The van der Waals surface area contributed by atoms with Crippen molar-refractivity contribution in [2.75, 3.05) is 7.11 Å². The van der Waals surface area contributed by atoms with E-state index in [-0.39, 0.29) is 11.1 Å². The fourth-order valence-corrected chi connectivity index (χ4v) is 3.18. The van der Waals surface area contributed by atoms with Crippen LogP contribution in [-0.2, 0) is 6.61 Å². The van der Waals surface area contributed by atoms with Crippen LogP contribution < -0.4 is 14.9 Å². The summed E-state index contributed by atoms with van der Waals surface area (Å²) in [6.45, 7) is 2.32. The molecule has 0 bridgehead atoms. The smallest absolute Gasteiger partial charge is 0.274 e. The minimum atomic E-state index is -0.809. The van der Waals surface area contributed by atoms with E-state index in [0.717, 1.165) is 17.2 Å². The van der Waals surface area contributed by atoms with Crippen LogP contribution in [0.1, 0.15) is 32.6 Å². The molecule has 0 atom stereocenters. The van der Waals surface area contributed by atoms with Crippen LogP contribution in [0.3, 0.4) is 0 Å². The molecule has 0 radical (unpaired) electrons. The predicted octanol–water partition coefficient (Wildman–Crippen LogP) is 5.01.